The molecule has 124 valence electrons. The fraction of sp³-hybridized carbons (Fsp3) is 0.211. The van der Waals surface area contributed by atoms with Gasteiger partial charge in [0.25, 0.3) is 0 Å². The number of aliphatic hydroxyl groups is 1. The summed E-state index contributed by atoms with van der Waals surface area (Å²) in [6.45, 7) is 0.500. The van der Waals surface area contributed by atoms with E-state index in [0.717, 1.165) is 23.3 Å². The fourth-order valence-electron chi connectivity index (χ4n) is 3.03. The number of fused-ring (bicyclic) bond motifs is 1. The number of aromatic nitrogens is 4. The summed E-state index contributed by atoms with van der Waals surface area (Å²) in [5, 5.41) is 16.6. The minimum Gasteiger partial charge on any atom is -0.468 e. The molecule has 1 N–H and O–H groups in total. The number of hydrogen-bond acceptors (Lipinski definition) is 5. The minimum absolute atomic E-state index is 0.169. The number of ether oxygens (including phenoxy) is 1. The lowest BCUT2D eigenvalue weighted by Gasteiger charge is -2.19. The van der Waals surface area contributed by atoms with Crippen LogP contribution >= 0.6 is 0 Å². The Labute approximate surface area is 145 Å². The summed E-state index contributed by atoms with van der Waals surface area (Å²) in [5.74, 6) is 6.57. The molecule has 6 nitrogen and oxygen atoms in total. The molecule has 0 aromatic carbocycles. The van der Waals surface area contributed by atoms with Crippen LogP contribution in [-0.2, 0) is 11.3 Å². The Hall–Kier alpha value is -3.17. The van der Waals surface area contributed by atoms with Crippen molar-refractivity contribution in [3.05, 3.63) is 71.7 Å². The number of hydrogen-bond donors (Lipinski definition) is 1. The molecule has 0 radical (unpaired) electrons. The van der Waals surface area contributed by atoms with Crippen LogP contribution in [0.15, 0.2) is 60.5 Å². The summed E-state index contributed by atoms with van der Waals surface area (Å²) in [6, 6.07) is 3.82. The van der Waals surface area contributed by atoms with Gasteiger partial charge in [-0.2, -0.15) is 0 Å². The van der Waals surface area contributed by atoms with Crippen molar-refractivity contribution in [1.82, 2.24) is 20.0 Å². The van der Waals surface area contributed by atoms with Gasteiger partial charge in [-0.1, -0.05) is 23.3 Å². The van der Waals surface area contributed by atoms with E-state index in [1.807, 2.05) is 24.6 Å². The maximum absolute atomic E-state index is 8.76. The summed E-state index contributed by atoms with van der Waals surface area (Å²) in [6.07, 6.45) is 12.3. The highest BCUT2D eigenvalue weighted by atomic mass is 16.5. The van der Waals surface area contributed by atoms with Crippen LogP contribution in [0.25, 0.3) is 5.57 Å². The Morgan fingerprint density at radius 2 is 2.32 bits per heavy atom. The van der Waals surface area contributed by atoms with Gasteiger partial charge in [0.05, 0.1) is 19.0 Å². The summed E-state index contributed by atoms with van der Waals surface area (Å²) in [5.41, 5.74) is 3.84. The molecule has 0 saturated heterocycles. The molecule has 3 heterocycles. The lowest BCUT2D eigenvalue weighted by Crippen LogP contribution is -2.12. The average Bonchev–Trinajstić information content (AvgIpc) is 3.31. The summed E-state index contributed by atoms with van der Waals surface area (Å²) in [7, 11) is 0. The second-order valence-electron chi connectivity index (χ2n) is 5.77. The van der Waals surface area contributed by atoms with E-state index in [2.05, 4.69) is 39.3 Å². The van der Waals surface area contributed by atoms with Crippen LogP contribution in [-0.4, -0.2) is 31.7 Å². The van der Waals surface area contributed by atoms with Crippen LogP contribution in [0.5, 0.6) is 0 Å². The van der Waals surface area contributed by atoms with Gasteiger partial charge in [-0.3, -0.25) is 0 Å². The highest BCUT2D eigenvalue weighted by Crippen LogP contribution is 2.41. The van der Waals surface area contributed by atoms with Gasteiger partial charge in [0.1, 0.15) is 18.1 Å². The predicted octanol–water partition coefficient (Wildman–Crippen LogP) is 1.92. The molecule has 2 aromatic rings. The number of pyridine rings is 1. The standard InChI is InChI=1S/C19H16N4O2/c24-10-2-3-16-7-6-14(11-20-16)17-4-1-5-18-15(13-25-19(17)18)12-23-9-8-21-22-23/h1,4,6-9,11,13,18,24H,5,10,12H2/t18-/m0/s1. The quantitative estimate of drug-likeness (QED) is 0.870. The van der Waals surface area contributed by atoms with E-state index in [0.29, 0.717) is 12.2 Å². The van der Waals surface area contributed by atoms with E-state index in [1.165, 1.54) is 5.57 Å². The van der Waals surface area contributed by atoms with E-state index in [1.54, 1.807) is 17.1 Å². The minimum atomic E-state index is -0.169. The van der Waals surface area contributed by atoms with Gasteiger partial charge in [0.2, 0.25) is 0 Å². The second kappa shape index (κ2) is 6.75. The number of rotatable bonds is 3. The molecular weight excluding hydrogens is 316 g/mol. The molecule has 2 aliphatic rings. The molecule has 0 bridgehead atoms. The average molecular weight is 332 g/mol. The Bertz CT molecular complexity index is 913. The zero-order chi connectivity index (χ0) is 17.1. The molecule has 2 aromatic heterocycles. The third kappa shape index (κ3) is 3.10. The van der Waals surface area contributed by atoms with Crippen LogP contribution in [0.4, 0.5) is 0 Å². The molecule has 0 saturated carbocycles. The maximum atomic E-state index is 8.76. The van der Waals surface area contributed by atoms with Crippen molar-refractivity contribution < 1.29 is 9.84 Å². The van der Waals surface area contributed by atoms with E-state index in [9.17, 15) is 0 Å². The fourth-order valence-corrected chi connectivity index (χ4v) is 3.03. The van der Waals surface area contributed by atoms with Gasteiger partial charge in [0, 0.05) is 29.4 Å². The van der Waals surface area contributed by atoms with E-state index >= 15 is 0 Å². The number of nitrogens with zero attached hydrogens (tertiary/aromatic N) is 4. The van der Waals surface area contributed by atoms with Gasteiger partial charge in [-0.05, 0) is 30.0 Å². The van der Waals surface area contributed by atoms with E-state index in [-0.39, 0.29) is 12.5 Å². The lowest BCUT2D eigenvalue weighted by atomic mass is 9.87. The van der Waals surface area contributed by atoms with Crippen LogP contribution in [0.3, 0.4) is 0 Å². The molecule has 0 amide bonds. The van der Waals surface area contributed by atoms with Gasteiger partial charge >= 0.3 is 0 Å². The van der Waals surface area contributed by atoms with Gasteiger partial charge in [-0.15, -0.1) is 5.10 Å². The molecule has 1 atom stereocenters. The first-order chi connectivity index (χ1) is 12.3. The summed E-state index contributed by atoms with van der Waals surface area (Å²) < 4.78 is 7.69. The Kier molecular flexibility index (Phi) is 4.15. The normalized spacial score (nSPS) is 18.3. The number of aliphatic hydroxyl groups excluding tert-OH is 1. The van der Waals surface area contributed by atoms with Crippen molar-refractivity contribution in [2.75, 3.05) is 6.61 Å². The van der Waals surface area contributed by atoms with Crippen molar-refractivity contribution in [3.63, 3.8) is 0 Å². The third-order valence-electron chi connectivity index (χ3n) is 4.21. The third-order valence-corrected chi connectivity index (χ3v) is 4.21. The molecule has 6 heteroatoms. The molecule has 1 aliphatic heterocycles. The highest BCUT2D eigenvalue weighted by Gasteiger charge is 2.30. The van der Waals surface area contributed by atoms with Crippen LogP contribution in [0.1, 0.15) is 17.7 Å². The highest BCUT2D eigenvalue weighted by molar-refractivity contribution is 5.77. The molecule has 0 unspecified atom stereocenters. The van der Waals surface area contributed by atoms with Crippen LogP contribution in [0.2, 0.25) is 0 Å². The predicted molar refractivity (Wildman–Crippen MR) is 91.6 cm³/mol. The Morgan fingerprint density at radius 3 is 3.08 bits per heavy atom. The first-order valence-corrected chi connectivity index (χ1v) is 8.01. The monoisotopic (exact) mass is 332 g/mol. The lowest BCUT2D eigenvalue weighted by molar-refractivity contribution is 0.344. The van der Waals surface area contributed by atoms with Crippen molar-refractivity contribution in [2.45, 2.75) is 13.0 Å². The topological polar surface area (TPSA) is 73.1 Å². The van der Waals surface area contributed by atoms with Crippen LogP contribution in [0, 0.1) is 17.8 Å². The zero-order valence-electron chi connectivity index (χ0n) is 13.5. The van der Waals surface area contributed by atoms with Gasteiger partial charge < -0.3 is 9.84 Å². The zero-order valence-corrected chi connectivity index (χ0v) is 13.5. The number of allylic oxidation sites excluding steroid dienone is 4. The first kappa shape index (κ1) is 15.4. The van der Waals surface area contributed by atoms with Crippen molar-refractivity contribution in [1.29, 1.82) is 0 Å². The van der Waals surface area contributed by atoms with Crippen molar-refractivity contribution >= 4 is 5.57 Å². The molecule has 0 spiro atoms. The Balaban J connectivity index is 1.59. The smallest absolute Gasteiger partial charge is 0.119 e. The largest absolute Gasteiger partial charge is 0.468 e. The molecule has 4 rings (SSSR count). The van der Waals surface area contributed by atoms with Gasteiger partial charge in [-0.25, -0.2) is 9.67 Å². The maximum Gasteiger partial charge on any atom is 0.119 e. The Morgan fingerprint density at radius 1 is 1.36 bits per heavy atom. The molecule has 1 aliphatic carbocycles. The van der Waals surface area contributed by atoms with Crippen molar-refractivity contribution in [3.8, 4) is 11.8 Å². The van der Waals surface area contributed by atoms with E-state index in [4.69, 9.17) is 9.84 Å². The van der Waals surface area contributed by atoms with E-state index < -0.39 is 0 Å². The summed E-state index contributed by atoms with van der Waals surface area (Å²) >= 11 is 0. The SMILES string of the molecule is OCC#Cc1ccc(C2=C3OC=C(Cn4ccnn4)[C@@H]3CC=C2)cn1. The first-order valence-electron chi connectivity index (χ1n) is 8.01. The second-order valence-corrected chi connectivity index (χ2v) is 5.77. The molecular formula is C19H16N4O2. The molecule has 25 heavy (non-hydrogen) atoms. The van der Waals surface area contributed by atoms with Crippen LogP contribution < -0.4 is 0 Å². The van der Waals surface area contributed by atoms with Crippen molar-refractivity contribution in [2.24, 2.45) is 5.92 Å². The summed E-state index contributed by atoms with van der Waals surface area (Å²) in [4.78, 5) is 4.34. The van der Waals surface area contributed by atoms with Gasteiger partial charge in [0.15, 0.2) is 0 Å². The molecule has 0 fully saturated rings.